The lowest BCUT2D eigenvalue weighted by Crippen LogP contribution is -2.52. The van der Waals surface area contributed by atoms with E-state index < -0.39 is 28.5 Å². The fourth-order valence-corrected chi connectivity index (χ4v) is 4.71. The zero-order valence-electron chi connectivity index (χ0n) is 19.2. The average molecular weight is 549 g/mol. The van der Waals surface area contributed by atoms with E-state index in [2.05, 4.69) is 5.32 Å². The highest BCUT2D eigenvalue weighted by Crippen LogP contribution is 2.25. The van der Waals surface area contributed by atoms with E-state index in [1.165, 1.54) is 11.0 Å². The van der Waals surface area contributed by atoms with Crippen LogP contribution in [0.5, 0.6) is 0 Å². The second kappa shape index (κ2) is 12.6. The van der Waals surface area contributed by atoms with E-state index in [1.54, 1.807) is 43.3 Å². The molecule has 7 nitrogen and oxygen atoms in total. The predicted octanol–water partition coefficient (Wildman–Crippen LogP) is 4.75. The van der Waals surface area contributed by atoms with Crippen LogP contribution in [0.4, 0.5) is 5.69 Å². The summed E-state index contributed by atoms with van der Waals surface area (Å²) in [6.45, 7) is 3.71. The Morgan fingerprint density at radius 2 is 1.74 bits per heavy atom. The van der Waals surface area contributed by atoms with Crippen molar-refractivity contribution in [2.24, 2.45) is 0 Å². The maximum absolute atomic E-state index is 13.5. The number of hydrogen-bond acceptors (Lipinski definition) is 4. The summed E-state index contributed by atoms with van der Waals surface area (Å²) >= 11 is 18.2. The molecule has 2 aromatic carbocycles. The van der Waals surface area contributed by atoms with Crippen LogP contribution in [0.1, 0.15) is 32.3 Å². The normalized spacial score (nSPS) is 12.2. The lowest BCUT2D eigenvalue weighted by molar-refractivity contribution is -0.140. The van der Waals surface area contributed by atoms with Gasteiger partial charge in [-0.1, -0.05) is 60.8 Å². The highest BCUT2D eigenvalue weighted by molar-refractivity contribution is 7.92. The Balaban J connectivity index is 2.44. The Kier molecular flexibility index (Phi) is 10.5. The molecule has 0 aliphatic heterocycles. The van der Waals surface area contributed by atoms with E-state index in [1.807, 2.05) is 6.92 Å². The van der Waals surface area contributed by atoms with Crippen molar-refractivity contribution in [3.05, 3.63) is 63.1 Å². The van der Waals surface area contributed by atoms with Crippen molar-refractivity contribution >= 4 is 62.3 Å². The number of benzene rings is 2. The SMILES string of the molecule is CCCNC(=O)C(CC)N(Cc1ccc(Cl)c(Cl)c1)C(=O)CN(c1cccc(Cl)c1)S(C)(=O)=O. The molecule has 0 bridgehead atoms. The Morgan fingerprint density at radius 3 is 2.29 bits per heavy atom. The molecule has 1 N–H and O–H groups in total. The van der Waals surface area contributed by atoms with Crippen molar-refractivity contribution in [1.82, 2.24) is 10.2 Å². The first-order chi connectivity index (χ1) is 16.0. The summed E-state index contributed by atoms with van der Waals surface area (Å²) < 4.78 is 26.1. The van der Waals surface area contributed by atoms with Gasteiger partial charge in [0.05, 0.1) is 22.0 Å². The molecule has 0 radical (unpaired) electrons. The third kappa shape index (κ3) is 7.77. The fourth-order valence-electron chi connectivity index (χ4n) is 3.37. The first-order valence-corrected chi connectivity index (χ1v) is 13.7. The number of amides is 2. The molecular weight excluding hydrogens is 521 g/mol. The smallest absolute Gasteiger partial charge is 0.244 e. The number of halogens is 3. The van der Waals surface area contributed by atoms with Crippen molar-refractivity contribution < 1.29 is 18.0 Å². The fraction of sp³-hybridized carbons (Fsp3) is 0.391. The van der Waals surface area contributed by atoms with Gasteiger partial charge in [0.25, 0.3) is 0 Å². The van der Waals surface area contributed by atoms with Crippen LogP contribution in [0.2, 0.25) is 15.1 Å². The molecule has 0 fully saturated rings. The summed E-state index contributed by atoms with van der Waals surface area (Å²) in [5.74, 6) is -0.860. The molecule has 0 saturated heterocycles. The molecule has 0 saturated carbocycles. The Hall–Kier alpha value is -2.00. The number of carbonyl (C=O) groups is 2. The average Bonchev–Trinajstić information content (AvgIpc) is 2.77. The van der Waals surface area contributed by atoms with E-state index in [9.17, 15) is 18.0 Å². The molecular formula is C23H28Cl3N3O4S. The van der Waals surface area contributed by atoms with Gasteiger partial charge in [-0.15, -0.1) is 0 Å². The molecule has 0 spiro atoms. The molecule has 0 heterocycles. The van der Waals surface area contributed by atoms with E-state index >= 15 is 0 Å². The molecule has 11 heteroatoms. The van der Waals surface area contributed by atoms with Crippen molar-refractivity contribution in [2.45, 2.75) is 39.3 Å². The number of carbonyl (C=O) groups excluding carboxylic acids is 2. The summed E-state index contributed by atoms with van der Waals surface area (Å²) in [6, 6.07) is 10.3. The molecule has 186 valence electrons. The minimum atomic E-state index is -3.83. The maximum Gasteiger partial charge on any atom is 0.244 e. The molecule has 1 atom stereocenters. The summed E-state index contributed by atoms with van der Waals surface area (Å²) in [7, 11) is -3.83. The standard InChI is InChI=1S/C23H28Cl3N3O4S/c1-4-11-27-23(31)21(5-2)28(14-16-9-10-19(25)20(26)12-16)22(30)15-29(34(3,32)33)18-8-6-7-17(24)13-18/h6-10,12-13,21H,4-5,11,14-15H2,1-3H3,(H,27,31). The van der Waals surface area contributed by atoms with Crippen LogP contribution >= 0.6 is 34.8 Å². The van der Waals surface area contributed by atoms with Gasteiger partial charge in [0.1, 0.15) is 12.6 Å². The van der Waals surface area contributed by atoms with Crippen molar-refractivity contribution in [2.75, 3.05) is 23.7 Å². The predicted molar refractivity (Wildman–Crippen MR) is 138 cm³/mol. The summed E-state index contributed by atoms with van der Waals surface area (Å²) in [6.07, 6.45) is 2.08. The molecule has 2 amide bonds. The summed E-state index contributed by atoms with van der Waals surface area (Å²) in [5, 5.41) is 3.82. The highest BCUT2D eigenvalue weighted by Gasteiger charge is 2.31. The van der Waals surface area contributed by atoms with Crippen molar-refractivity contribution in [3.8, 4) is 0 Å². The van der Waals surface area contributed by atoms with Crippen molar-refractivity contribution in [3.63, 3.8) is 0 Å². The summed E-state index contributed by atoms with van der Waals surface area (Å²) in [4.78, 5) is 27.8. The lowest BCUT2D eigenvalue weighted by atomic mass is 10.1. The largest absolute Gasteiger partial charge is 0.354 e. The van der Waals surface area contributed by atoms with Gasteiger partial charge in [0.15, 0.2) is 0 Å². The van der Waals surface area contributed by atoms with Crippen LogP contribution in [0.3, 0.4) is 0 Å². The van der Waals surface area contributed by atoms with Crippen molar-refractivity contribution in [1.29, 1.82) is 0 Å². The molecule has 0 aliphatic rings. The quantitative estimate of drug-likeness (QED) is 0.439. The van der Waals surface area contributed by atoms with Crippen LogP contribution in [-0.2, 0) is 26.2 Å². The molecule has 34 heavy (non-hydrogen) atoms. The summed E-state index contributed by atoms with van der Waals surface area (Å²) in [5.41, 5.74) is 0.902. The molecule has 0 aromatic heterocycles. The maximum atomic E-state index is 13.5. The topological polar surface area (TPSA) is 86.8 Å². The monoisotopic (exact) mass is 547 g/mol. The van der Waals surface area contributed by atoms with E-state index in [0.29, 0.717) is 33.6 Å². The highest BCUT2D eigenvalue weighted by atomic mass is 35.5. The number of anilines is 1. The minimum Gasteiger partial charge on any atom is -0.354 e. The van der Waals surface area contributed by atoms with Crippen LogP contribution in [-0.4, -0.2) is 50.5 Å². The van der Waals surface area contributed by atoms with Gasteiger partial charge in [-0.3, -0.25) is 13.9 Å². The van der Waals surface area contributed by atoms with Gasteiger partial charge in [0, 0.05) is 18.1 Å². The zero-order chi connectivity index (χ0) is 25.5. The van der Waals surface area contributed by atoms with Gasteiger partial charge < -0.3 is 10.2 Å². The number of sulfonamides is 1. The molecule has 0 aliphatic carbocycles. The third-order valence-corrected chi connectivity index (χ3v) is 7.16. The second-order valence-electron chi connectivity index (χ2n) is 7.73. The number of nitrogens with one attached hydrogen (secondary N) is 1. The zero-order valence-corrected chi connectivity index (χ0v) is 22.3. The number of hydrogen-bond donors (Lipinski definition) is 1. The third-order valence-electron chi connectivity index (χ3n) is 5.05. The molecule has 2 rings (SSSR count). The molecule has 2 aromatic rings. The number of rotatable bonds is 11. The first kappa shape index (κ1) is 28.2. The Labute approximate surface area is 216 Å². The van der Waals surface area contributed by atoms with E-state index in [4.69, 9.17) is 34.8 Å². The van der Waals surface area contributed by atoms with Gasteiger partial charge in [-0.25, -0.2) is 8.42 Å². The van der Waals surface area contributed by atoms with E-state index in [-0.39, 0.29) is 18.1 Å². The Morgan fingerprint density at radius 1 is 1.03 bits per heavy atom. The minimum absolute atomic E-state index is 0.0426. The second-order valence-corrected chi connectivity index (χ2v) is 10.9. The van der Waals surface area contributed by atoms with Crippen LogP contribution < -0.4 is 9.62 Å². The van der Waals surface area contributed by atoms with Gasteiger partial charge >= 0.3 is 0 Å². The number of nitrogens with zero attached hydrogens (tertiary/aromatic N) is 2. The van der Waals surface area contributed by atoms with Crippen LogP contribution in [0, 0.1) is 0 Å². The lowest BCUT2D eigenvalue weighted by Gasteiger charge is -2.33. The Bertz CT molecular complexity index is 1130. The van der Waals surface area contributed by atoms with Gasteiger partial charge in [-0.05, 0) is 48.7 Å². The van der Waals surface area contributed by atoms with Crippen LogP contribution in [0.15, 0.2) is 42.5 Å². The van der Waals surface area contributed by atoms with Gasteiger partial charge in [-0.2, -0.15) is 0 Å². The van der Waals surface area contributed by atoms with Gasteiger partial charge in [0.2, 0.25) is 21.8 Å². The van der Waals surface area contributed by atoms with E-state index in [0.717, 1.165) is 17.0 Å². The molecule has 1 unspecified atom stereocenters. The first-order valence-electron chi connectivity index (χ1n) is 10.7. The van der Waals surface area contributed by atoms with Crippen LogP contribution in [0.25, 0.3) is 0 Å².